The van der Waals surface area contributed by atoms with E-state index >= 15 is 0 Å². The summed E-state index contributed by atoms with van der Waals surface area (Å²) >= 11 is 0. The third-order valence-electron chi connectivity index (χ3n) is 10.6. The molecule has 0 aliphatic heterocycles. The van der Waals surface area contributed by atoms with Crippen molar-refractivity contribution in [1.82, 2.24) is 0 Å². The van der Waals surface area contributed by atoms with Crippen LogP contribution in [0.15, 0.2) is 85.1 Å². The predicted octanol–water partition coefficient (Wildman–Crippen LogP) is 15.0. The highest BCUT2D eigenvalue weighted by molar-refractivity contribution is 7.47. The molecule has 0 rings (SSSR count). The summed E-state index contributed by atoms with van der Waals surface area (Å²) in [6.07, 6.45) is 62.6. The molecule has 10 heteroatoms. The van der Waals surface area contributed by atoms with Crippen molar-refractivity contribution in [3.63, 3.8) is 0 Å². The summed E-state index contributed by atoms with van der Waals surface area (Å²) in [5, 5.41) is 18.4. The molecule has 0 heterocycles. The van der Waals surface area contributed by atoms with Gasteiger partial charge in [0.15, 0.2) is 0 Å². The molecule has 0 saturated carbocycles. The zero-order chi connectivity index (χ0) is 46.7. The van der Waals surface area contributed by atoms with Gasteiger partial charge in [-0.3, -0.25) is 13.8 Å². The Hall–Kier alpha value is -2.36. The average Bonchev–Trinajstić information content (AvgIpc) is 3.29. The Kier molecular flexibility index (Phi) is 48.2. The van der Waals surface area contributed by atoms with Crippen LogP contribution >= 0.6 is 7.82 Å². The van der Waals surface area contributed by atoms with Crippen LogP contribution in [-0.2, 0) is 27.9 Å². The van der Waals surface area contributed by atoms with Crippen LogP contribution in [0.25, 0.3) is 0 Å². The van der Waals surface area contributed by atoms with Crippen LogP contribution < -0.4 is 0 Å². The van der Waals surface area contributed by atoms with Crippen LogP contribution in [0.1, 0.15) is 206 Å². The Morgan fingerprint density at radius 1 is 0.500 bits per heavy atom. The van der Waals surface area contributed by atoms with Gasteiger partial charge in [-0.05, 0) is 89.9 Å². The smallest absolute Gasteiger partial charge is 0.457 e. The van der Waals surface area contributed by atoms with E-state index in [0.717, 1.165) is 83.5 Å². The van der Waals surface area contributed by atoms with Gasteiger partial charge in [-0.1, -0.05) is 195 Å². The molecule has 64 heavy (non-hydrogen) atoms. The molecular weight excluding hydrogens is 824 g/mol. The van der Waals surface area contributed by atoms with E-state index in [0.29, 0.717) is 13.0 Å². The van der Waals surface area contributed by atoms with Crippen molar-refractivity contribution in [2.24, 2.45) is 0 Å². The monoisotopic (exact) mass is 919 g/mol. The van der Waals surface area contributed by atoms with Gasteiger partial charge in [0.1, 0.15) is 12.2 Å². The zero-order valence-corrected chi connectivity index (χ0v) is 41.6. The molecule has 0 aromatic rings. The van der Waals surface area contributed by atoms with Gasteiger partial charge in [0, 0.05) is 13.0 Å². The number of allylic oxidation sites excluding steroid dienone is 14. The van der Waals surface area contributed by atoms with Crippen molar-refractivity contribution in [1.29, 1.82) is 0 Å². The number of hydrogen-bond acceptors (Lipinski definition) is 8. The summed E-state index contributed by atoms with van der Waals surface area (Å²) < 4.78 is 33.5. The molecule has 0 aromatic heterocycles. The van der Waals surface area contributed by atoms with Crippen LogP contribution in [0.3, 0.4) is 0 Å². The number of aliphatic hydroxyl groups excluding tert-OH is 2. The fourth-order valence-electron chi connectivity index (χ4n) is 6.71. The van der Waals surface area contributed by atoms with E-state index in [1.54, 1.807) is 0 Å². The highest BCUT2D eigenvalue weighted by atomic mass is 31.2. The Labute approximate surface area is 392 Å². The highest BCUT2D eigenvalue weighted by Gasteiger charge is 2.26. The molecule has 3 atom stereocenters. The molecule has 3 unspecified atom stereocenters. The predicted molar refractivity (Wildman–Crippen MR) is 269 cm³/mol. The lowest BCUT2D eigenvalue weighted by Gasteiger charge is -2.20. The summed E-state index contributed by atoms with van der Waals surface area (Å²) in [5.74, 6) is -0.408. The number of unbranched alkanes of at least 4 members (excludes halogenated alkanes) is 20. The van der Waals surface area contributed by atoms with E-state index in [9.17, 15) is 19.4 Å². The second-order valence-electron chi connectivity index (χ2n) is 16.8. The lowest BCUT2D eigenvalue weighted by molar-refractivity contribution is -0.154. The highest BCUT2D eigenvalue weighted by Crippen LogP contribution is 2.43. The lowest BCUT2D eigenvalue weighted by atomic mass is 10.1. The van der Waals surface area contributed by atoms with Crippen LogP contribution in [0.4, 0.5) is 0 Å². The van der Waals surface area contributed by atoms with E-state index in [1.807, 2.05) is 0 Å². The molecule has 3 N–H and O–H groups in total. The Balaban J connectivity index is 4.17. The van der Waals surface area contributed by atoms with Crippen molar-refractivity contribution in [3.8, 4) is 0 Å². The molecule has 0 radical (unpaired) electrons. The van der Waals surface area contributed by atoms with Gasteiger partial charge < -0.3 is 24.6 Å². The first-order chi connectivity index (χ1) is 31.3. The quantitative estimate of drug-likeness (QED) is 0.0236. The van der Waals surface area contributed by atoms with Crippen LogP contribution in [0, 0.1) is 0 Å². The van der Waals surface area contributed by atoms with Crippen molar-refractivity contribution in [2.75, 3.05) is 33.0 Å². The van der Waals surface area contributed by atoms with Gasteiger partial charge in [-0.25, -0.2) is 4.57 Å². The van der Waals surface area contributed by atoms with E-state index in [1.165, 1.54) is 96.3 Å². The summed E-state index contributed by atoms with van der Waals surface area (Å²) in [5.41, 5.74) is 0. The Morgan fingerprint density at radius 3 is 1.36 bits per heavy atom. The summed E-state index contributed by atoms with van der Waals surface area (Å²) in [6.45, 7) is 3.37. The fourth-order valence-corrected chi connectivity index (χ4v) is 7.50. The molecule has 0 amide bonds. The van der Waals surface area contributed by atoms with Crippen LogP contribution in [0.2, 0.25) is 0 Å². The molecule has 0 saturated heterocycles. The number of esters is 1. The van der Waals surface area contributed by atoms with Gasteiger partial charge in [0.05, 0.1) is 26.4 Å². The van der Waals surface area contributed by atoms with Gasteiger partial charge >= 0.3 is 13.8 Å². The average molecular weight is 919 g/mol. The molecule has 0 bridgehead atoms. The minimum atomic E-state index is -4.54. The van der Waals surface area contributed by atoms with Gasteiger partial charge in [0.2, 0.25) is 0 Å². The number of aliphatic hydroxyl groups is 2. The van der Waals surface area contributed by atoms with Crippen LogP contribution in [-0.4, -0.2) is 66.3 Å². The number of carbonyl (C=O) groups is 1. The number of phosphoric ester groups is 1. The molecule has 0 aliphatic rings. The number of ether oxygens (including phenoxy) is 2. The molecular formula is C54H95O9P. The minimum Gasteiger partial charge on any atom is -0.457 e. The summed E-state index contributed by atoms with van der Waals surface area (Å²) in [6, 6.07) is 0. The molecule has 0 spiro atoms. The van der Waals surface area contributed by atoms with E-state index in [4.69, 9.17) is 23.6 Å². The Morgan fingerprint density at radius 2 is 0.891 bits per heavy atom. The fraction of sp³-hybridized carbons (Fsp3) is 0.722. The Bertz CT molecular complexity index is 1270. The standard InChI is InChI=1S/C54H95O9P/c1-3-5-7-9-11-13-15-17-19-21-23-25-26-27-28-30-32-34-36-38-40-42-44-46-54(57)63-53(51-62-64(58,59)61-49-52(56)48-55)50-60-47-45-43-41-39-37-35-33-31-29-24-22-20-18-16-14-12-10-8-6-4-2/h5,7,11,13,17-20,23,25,27-28,32,34,52-53,55-56H,3-4,6,8-10,12,14-16,21-22,24,26,29-31,33,35-51H2,1-2H3,(H,58,59)/b7-5-,13-11-,19-17-,20-18-,25-23-,28-27-,34-32-. The maximum Gasteiger partial charge on any atom is 0.472 e. The number of rotatable bonds is 48. The van der Waals surface area contributed by atoms with Crippen molar-refractivity contribution >= 4 is 13.8 Å². The maximum absolute atomic E-state index is 12.7. The lowest BCUT2D eigenvalue weighted by Crippen LogP contribution is -2.29. The first-order valence-electron chi connectivity index (χ1n) is 25.6. The second kappa shape index (κ2) is 50.1. The number of carbonyl (C=O) groups excluding carboxylic acids is 1. The molecule has 370 valence electrons. The van der Waals surface area contributed by atoms with Gasteiger partial charge in [-0.15, -0.1) is 0 Å². The molecule has 0 fully saturated rings. The third kappa shape index (κ3) is 49.1. The summed E-state index contributed by atoms with van der Waals surface area (Å²) in [7, 11) is -4.54. The van der Waals surface area contributed by atoms with Gasteiger partial charge in [-0.2, -0.15) is 0 Å². The molecule has 0 aliphatic carbocycles. The third-order valence-corrected chi connectivity index (χ3v) is 11.5. The first-order valence-corrected chi connectivity index (χ1v) is 27.1. The summed E-state index contributed by atoms with van der Waals surface area (Å²) in [4.78, 5) is 22.7. The maximum atomic E-state index is 12.7. The number of phosphoric acid groups is 1. The zero-order valence-electron chi connectivity index (χ0n) is 40.7. The van der Waals surface area contributed by atoms with E-state index in [2.05, 4.69) is 98.9 Å². The molecule has 0 aromatic carbocycles. The first kappa shape index (κ1) is 61.6. The minimum absolute atomic E-state index is 0.0336. The van der Waals surface area contributed by atoms with Crippen molar-refractivity contribution in [2.45, 2.75) is 219 Å². The van der Waals surface area contributed by atoms with Crippen molar-refractivity contribution < 1.29 is 43.0 Å². The molecule has 9 nitrogen and oxygen atoms in total. The van der Waals surface area contributed by atoms with Crippen LogP contribution in [0.5, 0.6) is 0 Å². The normalized spacial score (nSPS) is 14.5. The van der Waals surface area contributed by atoms with E-state index in [-0.39, 0.29) is 13.0 Å². The van der Waals surface area contributed by atoms with Gasteiger partial charge in [0.25, 0.3) is 0 Å². The van der Waals surface area contributed by atoms with Crippen molar-refractivity contribution in [3.05, 3.63) is 85.1 Å². The van der Waals surface area contributed by atoms with E-state index < -0.39 is 45.8 Å². The number of hydrogen-bond donors (Lipinski definition) is 3. The SMILES string of the molecule is CC/C=C\C/C=C\C/C=C\C/C=C\C/C=C\C/C=C\CCCCCCC(=O)OC(COCCCCCCCCCCCC/C=C\CCCCCCCC)COP(=O)(O)OCC(O)CO. The second-order valence-corrected chi connectivity index (χ2v) is 18.3. The largest absolute Gasteiger partial charge is 0.472 e. The topological polar surface area (TPSA) is 132 Å².